The SMILES string of the molecule is Cc1ncc(C(CCC(=O)CCCCc2nc3c(cc2C)CCCN3)C(=O)O)cn1. The molecule has 1 aliphatic rings. The fourth-order valence-corrected chi connectivity index (χ4v) is 3.85. The molecule has 0 amide bonds. The number of hydrogen-bond donors (Lipinski definition) is 2. The molecule has 0 fully saturated rings. The summed E-state index contributed by atoms with van der Waals surface area (Å²) >= 11 is 0. The zero-order valence-corrected chi connectivity index (χ0v) is 17.8. The Morgan fingerprint density at radius 3 is 2.67 bits per heavy atom. The summed E-state index contributed by atoms with van der Waals surface area (Å²) in [6.07, 6.45) is 8.84. The lowest BCUT2D eigenvalue weighted by Gasteiger charge is -2.19. The molecule has 2 aromatic heterocycles. The second-order valence-corrected chi connectivity index (χ2v) is 8.03. The van der Waals surface area contributed by atoms with Gasteiger partial charge in [0.05, 0.1) is 5.92 Å². The van der Waals surface area contributed by atoms with Gasteiger partial charge in [0, 0.05) is 43.0 Å². The number of hydrogen-bond acceptors (Lipinski definition) is 6. The summed E-state index contributed by atoms with van der Waals surface area (Å²) in [5, 5.41) is 12.9. The maximum Gasteiger partial charge on any atom is 0.311 e. The van der Waals surface area contributed by atoms with Gasteiger partial charge in [0.25, 0.3) is 0 Å². The number of rotatable bonds is 10. The molecule has 160 valence electrons. The molecule has 0 saturated carbocycles. The van der Waals surface area contributed by atoms with Crippen molar-refractivity contribution < 1.29 is 14.7 Å². The predicted octanol–water partition coefficient (Wildman–Crippen LogP) is 3.78. The Kier molecular flexibility index (Phi) is 7.49. The summed E-state index contributed by atoms with van der Waals surface area (Å²) in [6, 6.07) is 2.23. The van der Waals surface area contributed by atoms with Crippen LogP contribution in [0.2, 0.25) is 0 Å². The van der Waals surface area contributed by atoms with Crippen LogP contribution in [0.5, 0.6) is 0 Å². The van der Waals surface area contributed by atoms with E-state index in [1.54, 1.807) is 6.92 Å². The van der Waals surface area contributed by atoms with E-state index in [0.29, 0.717) is 17.8 Å². The van der Waals surface area contributed by atoms with E-state index in [-0.39, 0.29) is 18.6 Å². The molecular weight excluding hydrogens is 380 g/mol. The third kappa shape index (κ3) is 5.84. The van der Waals surface area contributed by atoms with E-state index in [2.05, 4.69) is 28.3 Å². The van der Waals surface area contributed by atoms with Gasteiger partial charge in [0.1, 0.15) is 17.4 Å². The number of unbranched alkanes of at least 4 members (excludes halogenated alkanes) is 1. The van der Waals surface area contributed by atoms with Crippen molar-refractivity contribution in [2.75, 3.05) is 11.9 Å². The van der Waals surface area contributed by atoms with Crippen LogP contribution in [0.4, 0.5) is 5.82 Å². The first-order chi connectivity index (χ1) is 14.4. The molecule has 2 N–H and O–H groups in total. The van der Waals surface area contributed by atoms with Gasteiger partial charge in [-0.3, -0.25) is 9.59 Å². The molecule has 2 aromatic rings. The molecule has 0 aliphatic carbocycles. The first-order valence-corrected chi connectivity index (χ1v) is 10.7. The Hall–Kier alpha value is -2.83. The van der Waals surface area contributed by atoms with E-state index in [1.165, 1.54) is 23.5 Å². The van der Waals surface area contributed by atoms with Crippen molar-refractivity contribution in [3.63, 3.8) is 0 Å². The van der Waals surface area contributed by atoms with Crippen LogP contribution in [-0.2, 0) is 22.4 Å². The van der Waals surface area contributed by atoms with Crippen LogP contribution in [0.3, 0.4) is 0 Å². The number of nitrogens with zero attached hydrogens (tertiary/aromatic N) is 3. The van der Waals surface area contributed by atoms with Gasteiger partial charge in [0.2, 0.25) is 0 Å². The molecule has 1 aliphatic heterocycles. The van der Waals surface area contributed by atoms with Crippen molar-refractivity contribution >= 4 is 17.6 Å². The number of pyridine rings is 1. The van der Waals surface area contributed by atoms with Crippen molar-refractivity contribution in [2.24, 2.45) is 0 Å². The van der Waals surface area contributed by atoms with E-state index < -0.39 is 11.9 Å². The van der Waals surface area contributed by atoms with E-state index in [0.717, 1.165) is 50.2 Å². The number of carbonyl (C=O) groups is 2. The summed E-state index contributed by atoms with van der Waals surface area (Å²) < 4.78 is 0. The molecule has 1 unspecified atom stereocenters. The number of aryl methyl sites for hydroxylation is 4. The van der Waals surface area contributed by atoms with E-state index in [9.17, 15) is 14.7 Å². The van der Waals surface area contributed by atoms with Gasteiger partial charge < -0.3 is 10.4 Å². The standard InChI is InChI=1S/C23H30N4O3/c1-15-12-17-6-5-11-24-22(17)27-21(15)8-4-3-7-19(28)9-10-20(23(29)30)18-13-25-16(2)26-14-18/h12-14,20H,3-11H2,1-2H3,(H,24,27)(H,29,30). The molecule has 3 rings (SSSR count). The van der Waals surface area contributed by atoms with Crippen LogP contribution in [-0.4, -0.2) is 38.4 Å². The topological polar surface area (TPSA) is 105 Å². The smallest absolute Gasteiger partial charge is 0.311 e. The first-order valence-electron chi connectivity index (χ1n) is 10.7. The number of carboxylic acid groups (broad SMARTS) is 1. The van der Waals surface area contributed by atoms with Gasteiger partial charge >= 0.3 is 5.97 Å². The zero-order valence-electron chi connectivity index (χ0n) is 17.8. The summed E-state index contributed by atoms with van der Waals surface area (Å²) in [5.74, 6) is 0.0180. The van der Waals surface area contributed by atoms with Crippen LogP contribution in [0.1, 0.15) is 72.7 Å². The lowest BCUT2D eigenvalue weighted by Crippen LogP contribution is -2.15. The highest BCUT2D eigenvalue weighted by molar-refractivity contribution is 5.80. The predicted molar refractivity (Wildman–Crippen MR) is 115 cm³/mol. The number of aromatic nitrogens is 3. The Bertz CT molecular complexity index is 896. The highest BCUT2D eigenvalue weighted by Gasteiger charge is 2.21. The molecule has 0 aromatic carbocycles. The Morgan fingerprint density at radius 2 is 1.93 bits per heavy atom. The van der Waals surface area contributed by atoms with Crippen molar-refractivity contribution in [2.45, 2.75) is 71.1 Å². The van der Waals surface area contributed by atoms with Crippen LogP contribution in [0, 0.1) is 13.8 Å². The number of nitrogens with one attached hydrogen (secondary N) is 1. The Balaban J connectivity index is 1.43. The highest BCUT2D eigenvalue weighted by Crippen LogP contribution is 2.24. The van der Waals surface area contributed by atoms with E-state index in [4.69, 9.17) is 4.98 Å². The fraction of sp³-hybridized carbons (Fsp3) is 0.522. The second-order valence-electron chi connectivity index (χ2n) is 8.03. The van der Waals surface area contributed by atoms with Gasteiger partial charge in [-0.1, -0.05) is 6.07 Å². The maximum absolute atomic E-state index is 12.3. The van der Waals surface area contributed by atoms with Crippen LogP contribution < -0.4 is 5.32 Å². The molecule has 7 heteroatoms. The zero-order chi connectivity index (χ0) is 21.5. The minimum absolute atomic E-state index is 0.103. The average Bonchev–Trinajstić information content (AvgIpc) is 2.72. The van der Waals surface area contributed by atoms with Crippen molar-refractivity contribution in [1.29, 1.82) is 0 Å². The summed E-state index contributed by atoms with van der Waals surface area (Å²) in [4.78, 5) is 36.7. The molecule has 7 nitrogen and oxygen atoms in total. The minimum Gasteiger partial charge on any atom is -0.481 e. The number of carbonyl (C=O) groups excluding carboxylic acids is 1. The van der Waals surface area contributed by atoms with Crippen molar-refractivity contribution in [3.05, 3.63) is 46.7 Å². The van der Waals surface area contributed by atoms with Crippen LogP contribution in [0.25, 0.3) is 0 Å². The third-order valence-corrected chi connectivity index (χ3v) is 5.64. The Morgan fingerprint density at radius 1 is 1.17 bits per heavy atom. The number of Topliss-reactive ketones (excluding diaryl/α,β-unsaturated/α-hetero) is 1. The number of ketones is 1. The van der Waals surface area contributed by atoms with Gasteiger partial charge in [0.15, 0.2) is 0 Å². The van der Waals surface area contributed by atoms with Gasteiger partial charge in [-0.05, 0) is 63.5 Å². The van der Waals surface area contributed by atoms with Crippen LogP contribution in [0.15, 0.2) is 18.5 Å². The number of aliphatic carboxylic acids is 1. The second kappa shape index (κ2) is 10.3. The molecule has 30 heavy (non-hydrogen) atoms. The lowest BCUT2D eigenvalue weighted by atomic mass is 9.94. The first kappa shape index (κ1) is 21.9. The fourth-order valence-electron chi connectivity index (χ4n) is 3.85. The number of carboxylic acids is 1. The molecule has 1 atom stereocenters. The molecule has 0 spiro atoms. The van der Waals surface area contributed by atoms with Gasteiger partial charge in [-0.2, -0.15) is 0 Å². The summed E-state index contributed by atoms with van der Waals surface area (Å²) in [7, 11) is 0. The summed E-state index contributed by atoms with van der Waals surface area (Å²) in [6.45, 7) is 4.83. The quantitative estimate of drug-likeness (QED) is 0.574. The normalized spacial score (nSPS) is 13.9. The third-order valence-electron chi connectivity index (χ3n) is 5.64. The monoisotopic (exact) mass is 410 g/mol. The van der Waals surface area contributed by atoms with Gasteiger partial charge in [-0.15, -0.1) is 0 Å². The molecule has 0 bridgehead atoms. The molecule has 0 radical (unpaired) electrons. The molecule has 3 heterocycles. The lowest BCUT2D eigenvalue weighted by molar-refractivity contribution is -0.139. The number of anilines is 1. The van der Waals surface area contributed by atoms with Crippen molar-refractivity contribution in [3.8, 4) is 0 Å². The van der Waals surface area contributed by atoms with Crippen molar-refractivity contribution in [1.82, 2.24) is 15.0 Å². The maximum atomic E-state index is 12.3. The molecular formula is C23H30N4O3. The van der Waals surface area contributed by atoms with E-state index in [1.807, 2.05) is 0 Å². The molecule has 0 saturated heterocycles. The average molecular weight is 411 g/mol. The highest BCUT2D eigenvalue weighted by atomic mass is 16.4. The summed E-state index contributed by atoms with van der Waals surface area (Å²) in [5.41, 5.74) is 4.16. The minimum atomic E-state index is -0.946. The van der Waals surface area contributed by atoms with E-state index >= 15 is 0 Å². The van der Waals surface area contributed by atoms with Crippen LogP contribution >= 0.6 is 0 Å². The van der Waals surface area contributed by atoms with Gasteiger partial charge in [-0.25, -0.2) is 15.0 Å². The number of fused-ring (bicyclic) bond motifs is 1. The Labute approximate surface area is 177 Å². The largest absolute Gasteiger partial charge is 0.481 e.